The van der Waals surface area contributed by atoms with E-state index in [9.17, 15) is 4.21 Å². The van der Waals surface area contributed by atoms with Crippen LogP contribution in [0.15, 0.2) is 48.1 Å². The van der Waals surface area contributed by atoms with Gasteiger partial charge >= 0.3 is 0 Å². The highest BCUT2D eigenvalue weighted by Gasteiger charge is 2.10. The van der Waals surface area contributed by atoms with Gasteiger partial charge in [-0.3, -0.25) is 4.21 Å². The first-order valence-corrected chi connectivity index (χ1v) is 9.31. The van der Waals surface area contributed by atoms with Crippen LogP contribution < -0.4 is 4.74 Å². The van der Waals surface area contributed by atoms with Crippen molar-refractivity contribution in [3.05, 3.63) is 59.4 Å². The van der Waals surface area contributed by atoms with Crippen LogP contribution in [0, 0.1) is 0 Å². The van der Waals surface area contributed by atoms with Crippen LogP contribution in [0.25, 0.3) is 10.8 Å². The van der Waals surface area contributed by atoms with Crippen LogP contribution in [-0.2, 0) is 22.3 Å². The number of hydrogen-bond acceptors (Lipinski definition) is 6. The molecule has 1 atom stereocenters. The fourth-order valence-corrected chi connectivity index (χ4v) is 4.05. The first kappa shape index (κ1) is 15.8. The zero-order valence-corrected chi connectivity index (χ0v) is 14.1. The normalized spacial score (nSPS) is 12.0. The molecule has 0 aliphatic rings. The van der Waals surface area contributed by atoms with E-state index in [0.29, 0.717) is 17.3 Å². The van der Waals surface area contributed by atoms with Gasteiger partial charge in [-0.05, 0) is 23.8 Å². The predicted octanol–water partition coefficient (Wildman–Crippen LogP) is 3.06. The zero-order chi connectivity index (χ0) is 16.1. The van der Waals surface area contributed by atoms with Crippen LogP contribution in [0.5, 0.6) is 5.75 Å². The maximum atomic E-state index is 12.3. The van der Waals surface area contributed by atoms with E-state index in [0.717, 1.165) is 22.0 Å². The lowest BCUT2D eigenvalue weighted by atomic mass is 10.2. The smallest absolute Gasteiger partial charge is 0.188 e. The number of rotatable bonds is 6. The van der Waals surface area contributed by atoms with Gasteiger partial charge in [0, 0.05) is 34.3 Å². The van der Waals surface area contributed by atoms with Gasteiger partial charge in [-0.15, -0.1) is 11.3 Å². The highest BCUT2D eigenvalue weighted by Crippen LogP contribution is 2.21. The second-order valence-electron chi connectivity index (χ2n) is 4.80. The number of benzene rings is 1. The molecular formula is C16H15N3O2S2. The van der Waals surface area contributed by atoms with Gasteiger partial charge in [0.05, 0.1) is 18.6 Å². The average Bonchev–Trinajstić information content (AvgIpc) is 3.04. The SMILES string of the molecule is COc1cccc(C[S@@](=O)Cc2csc(-c3ncccn3)n2)c1. The van der Waals surface area contributed by atoms with Gasteiger partial charge in [0.25, 0.3) is 0 Å². The largest absolute Gasteiger partial charge is 0.497 e. The summed E-state index contributed by atoms with van der Waals surface area (Å²) in [7, 11) is 0.596. The van der Waals surface area contributed by atoms with Crippen LogP contribution in [-0.4, -0.2) is 26.3 Å². The van der Waals surface area contributed by atoms with Crippen LogP contribution in [0.3, 0.4) is 0 Å². The number of hydrogen-bond donors (Lipinski definition) is 0. The third kappa shape index (κ3) is 4.20. The highest BCUT2D eigenvalue weighted by atomic mass is 32.2. The summed E-state index contributed by atoms with van der Waals surface area (Å²) in [5.74, 6) is 2.27. The monoisotopic (exact) mass is 345 g/mol. The molecule has 0 unspecified atom stereocenters. The van der Waals surface area contributed by atoms with Crippen molar-refractivity contribution in [1.82, 2.24) is 15.0 Å². The molecule has 7 heteroatoms. The second kappa shape index (κ2) is 7.43. The standard InChI is InChI=1S/C16H15N3O2S2/c1-21-14-5-2-4-12(8-14)10-23(20)11-13-9-22-16(19-13)15-17-6-3-7-18-15/h2-9H,10-11H2,1H3/t23-/m1/s1. The van der Waals surface area contributed by atoms with E-state index in [1.165, 1.54) is 11.3 Å². The molecule has 3 rings (SSSR count). The minimum absolute atomic E-state index is 0.417. The van der Waals surface area contributed by atoms with Gasteiger partial charge in [-0.25, -0.2) is 15.0 Å². The Morgan fingerprint density at radius 2 is 2.00 bits per heavy atom. The van der Waals surface area contributed by atoms with E-state index >= 15 is 0 Å². The van der Waals surface area contributed by atoms with Crippen molar-refractivity contribution in [2.45, 2.75) is 11.5 Å². The lowest BCUT2D eigenvalue weighted by Gasteiger charge is -2.04. The summed E-state index contributed by atoms with van der Waals surface area (Å²) in [6, 6.07) is 9.39. The maximum Gasteiger partial charge on any atom is 0.188 e. The number of nitrogens with zero attached hydrogens (tertiary/aromatic N) is 3. The first-order valence-electron chi connectivity index (χ1n) is 6.94. The summed E-state index contributed by atoms with van der Waals surface area (Å²) < 4.78 is 17.5. The number of ether oxygens (including phenoxy) is 1. The van der Waals surface area contributed by atoms with Gasteiger partial charge in [-0.1, -0.05) is 12.1 Å². The van der Waals surface area contributed by atoms with Crippen molar-refractivity contribution in [1.29, 1.82) is 0 Å². The Hall–Kier alpha value is -2.12. The molecule has 0 saturated heterocycles. The Balaban J connectivity index is 1.65. The number of thiazole rings is 1. The van der Waals surface area contributed by atoms with Crippen molar-refractivity contribution in [2.75, 3.05) is 7.11 Å². The Morgan fingerprint density at radius 1 is 1.17 bits per heavy atom. The minimum Gasteiger partial charge on any atom is -0.497 e. The van der Waals surface area contributed by atoms with E-state index < -0.39 is 10.8 Å². The molecule has 5 nitrogen and oxygen atoms in total. The second-order valence-corrected chi connectivity index (χ2v) is 7.11. The third-order valence-corrected chi connectivity index (χ3v) is 5.24. The average molecular weight is 345 g/mol. The Labute approximate surface area is 140 Å². The summed E-state index contributed by atoms with van der Waals surface area (Å²) in [5, 5.41) is 2.66. The van der Waals surface area contributed by atoms with Crippen molar-refractivity contribution < 1.29 is 8.95 Å². The molecule has 0 radical (unpaired) electrons. The maximum absolute atomic E-state index is 12.3. The molecule has 0 saturated carbocycles. The lowest BCUT2D eigenvalue weighted by Crippen LogP contribution is -2.00. The van der Waals surface area contributed by atoms with E-state index in [4.69, 9.17) is 4.74 Å². The van der Waals surface area contributed by atoms with Crippen LogP contribution in [0.4, 0.5) is 0 Å². The molecular weight excluding hydrogens is 330 g/mol. The minimum atomic E-state index is -1.03. The lowest BCUT2D eigenvalue weighted by molar-refractivity contribution is 0.414. The molecule has 0 bridgehead atoms. The molecule has 0 fully saturated rings. The zero-order valence-electron chi connectivity index (χ0n) is 12.5. The van der Waals surface area contributed by atoms with Crippen molar-refractivity contribution in [3.8, 4) is 16.6 Å². The fraction of sp³-hybridized carbons (Fsp3) is 0.188. The molecule has 0 aliphatic carbocycles. The van der Waals surface area contributed by atoms with E-state index in [1.54, 1.807) is 25.6 Å². The Kier molecular flexibility index (Phi) is 5.09. The Morgan fingerprint density at radius 3 is 2.78 bits per heavy atom. The molecule has 0 amide bonds. The van der Waals surface area contributed by atoms with Gasteiger partial charge in [0.15, 0.2) is 10.8 Å². The van der Waals surface area contributed by atoms with E-state index in [2.05, 4.69) is 15.0 Å². The third-order valence-electron chi connectivity index (χ3n) is 3.08. The summed E-state index contributed by atoms with van der Waals surface area (Å²) in [6.45, 7) is 0. The quantitative estimate of drug-likeness (QED) is 0.687. The summed E-state index contributed by atoms with van der Waals surface area (Å²) >= 11 is 1.47. The van der Waals surface area contributed by atoms with Crippen LogP contribution in [0.2, 0.25) is 0 Å². The topological polar surface area (TPSA) is 65.0 Å². The van der Waals surface area contributed by atoms with Crippen molar-refractivity contribution in [2.24, 2.45) is 0 Å². The van der Waals surface area contributed by atoms with Crippen LogP contribution in [0.1, 0.15) is 11.3 Å². The molecule has 0 N–H and O–H groups in total. The molecule has 0 spiro atoms. The summed E-state index contributed by atoms with van der Waals surface area (Å²) in [4.78, 5) is 12.8. The Bertz CT molecular complexity index is 806. The number of methoxy groups -OCH3 is 1. The molecule has 2 aromatic heterocycles. The molecule has 118 valence electrons. The summed E-state index contributed by atoms with van der Waals surface area (Å²) in [5.41, 5.74) is 1.79. The fourth-order valence-electron chi connectivity index (χ4n) is 2.05. The molecule has 1 aromatic carbocycles. The van der Waals surface area contributed by atoms with Gasteiger partial charge in [0.1, 0.15) is 5.75 Å². The molecule has 0 aliphatic heterocycles. The van der Waals surface area contributed by atoms with E-state index in [1.807, 2.05) is 29.6 Å². The van der Waals surface area contributed by atoms with Crippen molar-refractivity contribution in [3.63, 3.8) is 0 Å². The summed E-state index contributed by atoms with van der Waals surface area (Å²) in [6.07, 6.45) is 3.37. The molecule has 3 aromatic rings. The van der Waals surface area contributed by atoms with Crippen LogP contribution >= 0.6 is 11.3 Å². The predicted molar refractivity (Wildman–Crippen MR) is 91.7 cm³/mol. The van der Waals surface area contributed by atoms with E-state index in [-0.39, 0.29) is 0 Å². The number of aromatic nitrogens is 3. The molecule has 23 heavy (non-hydrogen) atoms. The molecule has 2 heterocycles. The highest BCUT2D eigenvalue weighted by molar-refractivity contribution is 7.83. The van der Waals surface area contributed by atoms with Gasteiger partial charge in [0.2, 0.25) is 0 Å². The van der Waals surface area contributed by atoms with Gasteiger partial charge < -0.3 is 4.74 Å². The first-order chi connectivity index (χ1) is 11.2. The van der Waals surface area contributed by atoms with Gasteiger partial charge in [-0.2, -0.15) is 0 Å². The van der Waals surface area contributed by atoms with Crippen molar-refractivity contribution >= 4 is 22.1 Å².